The van der Waals surface area contributed by atoms with Crippen LogP contribution in [0.3, 0.4) is 0 Å². The predicted octanol–water partition coefficient (Wildman–Crippen LogP) is 1.78. The fraction of sp³-hybridized carbons (Fsp3) is 0.533. The largest absolute Gasteiger partial charge is 0.597 e. The predicted molar refractivity (Wildman–Crippen MR) is 80.8 cm³/mol. The lowest BCUT2D eigenvalue weighted by Crippen LogP contribution is -2.35. The van der Waals surface area contributed by atoms with Gasteiger partial charge in [-0.1, -0.05) is 6.07 Å². The van der Waals surface area contributed by atoms with E-state index in [1.807, 2.05) is 39.0 Å². The molecule has 1 aromatic rings. The molecule has 1 fully saturated rings. The molecule has 120 valence electrons. The Morgan fingerprint density at radius 3 is 2.68 bits per heavy atom. The van der Waals surface area contributed by atoms with Crippen molar-refractivity contribution >= 4 is 17.3 Å². The molecule has 22 heavy (non-hydrogen) atoms. The van der Waals surface area contributed by atoms with Gasteiger partial charge in [0.15, 0.2) is 17.5 Å². The van der Waals surface area contributed by atoms with Gasteiger partial charge in [0.05, 0.1) is 7.11 Å². The minimum absolute atomic E-state index is 0.196. The summed E-state index contributed by atoms with van der Waals surface area (Å²) in [4.78, 5) is 12.0. The molecule has 0 N–H and O–H groups in total. The Morgan fingerprint density at radius 1 is 1.36 bits per heavy atom. The van der Waals surface area contributed by atoms with Gasteiger partial charge in [0.25, 0.3) is 0 Å². The van der Waals surface area contributed by atoms with Crippen molar-refractivity contribution in [3.05, 3.63) is 23.8 Å². The molecular weight excluding hydrogens is 306 g/mol. The van der Waals surface area contributed by atoms with Crippen LogP contribution in [0.15, 0.2) is 18.2 Å². The topological polar surface area (TPSA) is 70.8 Å². The van der Waals surface area contributed by atoms with Crippen LogP contribution in [0.2, 0.25) is 0 Å². The summed E-state index contributed by atoms with van der Waals surface area (Å²) >= 11 is -1.30. The molecule has 0 bridgehead atoms. The molecule has 6 nitrogen and oxygen atoms in total. The Labute approximate surface area is 132 Å². The number of ether oxygens (including phenoxy) is 3. The van der Waals surface area contributed by atoms with Crippen molar-refractivity contribution in [3.8, 4) is 11.5 Å². The minimum atomic E-state index is -1.30. The monoisotopic (exact) mass is 325 g/mol. The molecule has 0 aliphatic carbocycles. The highest BCUT2D eigenvalue weighted by Crippen LogP contribution is 2.50. The molecule has 3 rings (SSSR count). The van der Waals surface area contributed by atoms with E-state index in [0.717, 1.165) is 5.56 Å². The van der Waals surface area contributed by atoms with Gasteiger partial charge in [0.2, 0.25) is 6.79 Å². The molecule has 1 saturated heterocycles. The number of carbonyl (C=O) groups is 1. The van der Waals surface area contributed by atoms with Gasteiger partial charge < -0.3 is 18.8 Å². The standard InChI is InChI=1S/C15H19NO5S/c1-15(2,3)22(18)16-12(13(16)14(17)19-4)9-5-6-10-11(7-9)21-8-20-10/h5-7,12-13H,8H2,1-4H3. The second-order valence-electron chi connectivity index (χ2n) is 6.25. The van der Waals surface area contributed by atoms with E-state index in [1.165, 1.54) is 7.11 Å². The second-order valence-corrected chi connectivity index (χ2v) is 8.39. The zero-order valence-corrected chi connectivity index (χ0v) is 13.8. The maximum Gasteiger partial charge on any atom is 0.329 e. The molecule has 4 unspecified atom stereocenters. The number of benzene rings is 1. The van der Waals surface area contributed by atoms with E-state index in [2.05, 4.69) is 0 Å². The van der Waals surface area contributed by atoms with Crippen LogP contribution in [0.25, 0.3) is 0 Å². The van der Waals surface area contributed by atoms with Crippen molar-refractivity contribution in [2.75, 3.05) is 13.9 Å². The number of rotatable bonds is 3. The number of fused-ring (bicyclic) bond motifs is 1. The molecule has 2 heterocycles. The molecule has 2 aliphatic heterocycles. The summed E-state index contributed by atoms with van der Waals surface area (Å²) in [5, 5.41) is 0. The van der Waals surface area contributed by atoms with Gasteiger partial charge in [-0.3, -0.25) is 4.79 Å². The lowest BCUT2D eigenvalue weighted by Gasteiger charge is -2.24. The Balaban J connectivity index is 1.89. The summed E-state index contributed by atoms with van der Waals surface area (Å²) in [5.41, 5.74) is 0.872. The molecule has 0 saturated carbocycles. The normalized spacial score (nSPS) is 27.4. The molecule has 0 aromatic heterocycles. The summed E-state index contributed by atoms with van der Waals surface area (Å²) in [6.45, 7) is 5.84. The van der Waals surface area contributed by atoms with Gasteiger partial charge in [-0.25, -0.2) is 0 Å². The van der Waals surface area contributed by atoms with Crippen LogP contribution in [0.4, 0.5) is 0 Å². The Bertz CT molecular complexity index is 600. The first-order chi connectivity index (χ1) is 10.3. The van der Waals surface area contributed by atoms with E-state index < -0.39 is 22.2 Å². The third-order valence-electron chi connectivity index (χ3n) is 3.65. The molecule has 1 aromatic carbocycles. The number of methoxy groups -OCH3 is 1. The Kier molecular flexibility index (Phi) is 3.74. The van der Waals surface area contributed by atoms with Crippen molar-refractivity contribution in [2.24, 2.45) is 0 Å². The Morgan fingerprint density at radius 2 is 2.05 bits per heavy atom. The zero-order chi connectivity index (χ0) is 16.1. The van der Waals surface area contributed by atoms with Crippen LogP contribution in [-0.4, -0.2) is 39.5 Å². The molecule has 0 spiro atoms. The summed E-state index contributed by atoms with van der Waals surface area (Å²) in [6, 6.07) is 4.73. The average molecular weight is 325 g/mol. The summed E-state index contributed by atoms with van der Waals surface area (Å²) < 4.78 is 29.4. The highest BCUT2D eigenvalue weighted by atomic mass is 32.2. The van der Waals surface area contributed by atoms with E-state index in [4.69, 9.17) is 14.2 Å². The van der Waals surface area contributed by atoms with E-state index in [1.54, 1.807) is 4.31 Å². The van der Waals surface area contributed by atoms with Gasteiger partial charge in [0, 0.05) is 11.4 Å². The maximum atomic E-state index is 12.6. The average Bonchev–Trinajstić information content (AvgIpc) is 3.03. The summed E-state index contributed by atoms with van der Waals surface area (Å²) in [5.74, 6) is 0.956. The number of carbonyl (C=O) groups excluding carboxylic acids is 1. The van der Waals surface area contributed by atoms with E-state index in [-0.39, 0.29) is 18.8 Å². The first kappa shape index (κ1) is 15.5. The smallest absolute Gasteiger partial charge is 0.329 e. The quantitative estimate of drug-likeness (QED) is 0.479. The molecule has 0 radical (unpaired) electrons. The second kappa shape index (κ2) is 5.33. The van der Waals surface area contributed by atoms with Crippen LogP contribution < -0.4 is 9.47 Å². The van der Waals surface area contributed by atoms with Crippen molar-refractivity contribution < 1.29 is 23.6 Å². The van der Waals surface area contributed by atoms with Gasteiger partial charge in [-0.05, 0) is 38.5 Å². The van der Waals surface area contributed by atoms with Crippen molar-refractivity contribution in [2.45, 2.75) is 37.6 Å². The van der Waals surface area contributed by atoms with Gasteiger partial charge in [0.1, 0.15) is 10.8 Å². The summed E-state index contributed by atoms with van der Waals surface area (Å²) in [7, 11) is 1.34. The number of nitrogens with zero attached hydrogens (tertiary/aromatic N) is 1. The third kappa shape index (κ3) is 2.53. The summed E-state index contributed by atoms with van der Waals surface area (Å²) in [6.07, 6.45) is 0. The molecular formula is C15H19NO5S. The lowest BCUT2D eigenvalue weighted by molar-refractivity contribution is -0.140. The van der Waals surface area contributed by atoms with Crippen molar-refractivity contribution in [1.82, 2.24) is 4.31 Å². The van der Waals surface area contributed by atoms with E-state index >= 15 is 0 Å². The number of esters is 1. The third-order valence-corrected chi connectivity index (χ3v) is 5.54. The van der Waals surface area contributed by atoms with Crippen LogP contribution in [0.1, 0.15) is 32.4 Å². The minimum Gasteiger partial charge on any atom is -0.597 e. The van der Waals surface area contributed by atoms with Gasteiger partial charge >= 0.3 is 5.97 Å². The fourth-order valence-electron chi connectivity index (χ4n) is 2.51. The molecule has 2 aliphatic rings. The molecule has 7 heteroatoms. The molecule has 4 atom stereocenters. The number of hydrogen-bond acceptors (Lipinski definition) is 6. The SMILES string of the molecule is COC(=O)C1C(c2ccc3c(c2)OCO3)N1[S+]([O-])C(C)(C)C. The first-order valence-corrected chi connectivity index (χ1v) is 8.13. The van der Waals surface area contributed by atoms with E-state index in [0.29, 0.717) is 11.5 Å². The van der Waals surface area contributed by atoms with Crippen molar-refractivity contribution in [1.29, 1.82) is 0 Å². The van der Waals surface area contributed by atoms with Crippen LogP contribution >= 0.6 is 0 Å². The lowest BCUT2D eigenvalue weighted by atomic mass is 10.1. The van der Waals surface area contributed by atoms with Crippen LogP contribution in [-0.2, 0) is 20.9 Å². The van der Waals surface area contributed by atoms with Crippen molar-refractivity contribution in [3.63, 3.8) is 0 Å². The highest BCUT2D eigenvalue weighted by molar-refractivity contribution is 7.90. The zero-order valence-electron chi connectivity index (χ0n) is 13.0. The van der Waals surface area contributed by atoms with Crippen LogP contribution in [0, 0.1) is 0 Å². The van der Waals surface area contributed by atoms with Crippen LogP contribution in [0.5, 0.6) is 11.5 Å². The van der Waals surface area contributed by atoms with E-state index in [9.17, 15) is 9.35 Å². The maximum absolute atomic E-state index is 12.6. The Hall–Kier alpha value is -1.44. The fourth-order valence-corrected chi connectivity index (χ4v) is 3.94. The first-order valence-electron chi connectivity index (χ1n) is 7.02. The van der Waals surface area contributed by atoms with Gasteiger partial charge in [-0.15, -0.1) is 4.31 Å². The molecule has 0 amide bonds. The number of hydrogen-bond donors (Lipinski definition) is 0. The highest BCUT2D eigenvalue weighted by Gasteiger charge is 2.64. The van der Waals surface area contributed by atoms with Gasteiger partial charge in [-0.2, -0.15) is 0 Å².